The third-order valence-corrected chi connectivity index (χ3v) is 2.99. The molecule has 0 aliphatic carbocycles. The second kappa shape index (κ2) is 6.33. The second-order valence-electron chi connectivity index (χ2n) is 4.23. The lowest BCUT2D eigenvalue weighted by atomic mass is 9.98. The number of likely N-dealkylation sites (tertiary alicyclic amines) is 1. The highest BCUT2D eigenvalue weighted by atomic mass is 16.7. The zero-order valence-corrected chi connectivity index (χ0v) is 10.5. The Morgan fingerprint density at radius 3 is 2.67 bits per heavy atom. The molecule has 0 bridgehead atoms. The molecule has 1 saturated heterocycles. The lowest BCUT2D eigenvalue weighted by Crippen LogP contribution is -2.53. The molecule has 0 unspecified atom stereocenters. The monoisotopic (exact) mass is 255 g/mol. The van der Waals surface area contributed by atoms with Gasteiger partial charge in [0.05, 0.1) is 31.8 Å². The predicted molar refractivity (Wildman–Crippen MR) is 61.2 cm³/mol. The number of hydrogen-bond acceptors (Lipinski definition) is 5. The molecular weight excluding hydrogens is 238 g/mol. The number of nitriles is 1. The number of hydrogen-bond donors (Lipinski definition) is 1. The summed E-state index contributed by atoms with van der Waals surface area (Å²) < 4.78 is 0. The molecule has 0 saturated carbocycles. The van der Waals surface area contributed by atoms with Gasteiger partial charge in [-0.3, -0.25) is 19.3 Å². The first-order valence-corrected chi connectivity index (χ1v) is 5.69. The van der Waals surface area contributed by atoms with Crippen molar-refractivity contribution in [3.63, 3.8) is 0 Å². The van der Waals surface area contributed by atoms with Crippen LogP contribution in [0.5, 0.6) is 0 Å². The molecule has 1 aliphatic heterocycles. The normalized spacial score (nSPS) is 24.3. The van der Waals surface area contributed by atoms with E-state index in [1.54, 1.807) is 4.90 Å². The van der Waals surface area contributed by atoms with E-state index in [0.29, 0.717) is 19.4 Å². The fraction of sp³-hybridized carbons (Fsp3) is 0.727. The second-order valence-corrected chi connectivity index (χ2v) is 4.23. The summed E-state index contributed by atoms with van der Waals surface area (Å²) in [6.07, 6.45) is 1.16. The van der Waals surface area contributed by atoms with Crippen LogP contribution in [0.4, 0.5) is 0 Å². The van der Waals surface area contributed by atoms with Crippen LogP contribution in [0, 0.1) is 11.3 Å². The van der Waals surface area contributed by atoms with Gasteiger partial charge in [-0.2, -0.15) is 5.26 Å². The number of carboxylic acid groups (broad SMARTS) is 1. The topological polar surface area (TPSA) is 93.9 Å². The van der Waals surface area contributed by atoms with Crippen molar-refractivity contribution in [3.8, 4) is 6.07 Å². The number of carbonyl (C=O) groups is 2. The van der Waals surface area contributed by atoms with Crippen LogP contribution in [0.25, 0.3) is 0 Å². The zero-order valence-electron chi connectivity index (χ0n) is 10.5. The van der Waals surface area contributed by atoms with E-state index in [0.717, 1.165) is 0 Å². The Balaban J connectivity index is 2.74. The van der Waals surface area contributed by atoms with E-state index in [4.69, 9.17) is 15.2 Å². The lowest BCUT2D eigenvalue weighted by Gasteiger charge is -2.39. The van der Waals surface area contributed by atoms with Gasteiger partial charge in [-0.05, 0) is 12.8 Å². The maximum absolute atomic E-state index is 11.4. The summed E-state index contributed by atoms with van der Waals surface area (Å²) in [6, 6.07) is 1.46. The summed E-state index contributed by atoms with van der Waals surface area (Å²) >= 11 is 0. The van der Waals surface area contributed by atoms with Gasteiger partial charge in [-0.15, -0.1) is 0 Å². The molecular formula is C11H17N3O4. The summed E-state index contributed by atoms with van der Waals surface area (Å²) in [4.78, 5) is 28.7. The SMILES string of the molecule is CON(C(C)=O)[C@@H]1CC[C@@H](C#N)N(CC(=O)O)C1. The maximum Gasteiger partial charge on any atom is 0.317 e. The van der Waals surface area contributed by atoms with Gasteiger partial charge in [0.25, 0.3) is 0 Å². The van der Waals surface area contributed by atoms with Gasteiger partial charge in [0.2, 0.25) is 5.91 Å². The quantitative estimate of drug-likeness (QED) is 0.701. The summed E-state index contributed by atoms with van der Waals surface area (Å²) in [5.41, 5.74) is 0. The predicted octanol–water partition coefficient (Wildman–Crippen LogP) is -0.163. The highest BCUT2D eigenvalue weighted by Gasteiger charge is 2.33. The smallest absolute Gasteiger partial charge is 0.317 e. The fourth-order valence-electron chi connectivity index (χ4n) is 2.24. The zero-order chi connectivity index (χ0) is 13.7. The first-order chi connectivity index (χ1) is 8.49. The minimum absolute atomic E-state index is 0.204. The molecule has 7 heteroatoms. The number of aliphatic carboxylic acids is 1. The van der Waals surface area contributed by atoms with Crippen molar-refractivity contribution in [1.29, 1.82) is 5.26 Å². The third-order valence-electron chi connectivity index (χ3n) is 2.99. The van der Waals surface area contributed by atoms with Crippen LogP contribution >= 0.6 is 0 Å². The van der Waals surface area contributed by atoms with Crippen LogP contribution in [-0.4, -0.2) is 59.2 Å². The molecule has 7 nitrogen and oxygen atoms in total. The first-order valence-electron chi connectivity index (χ1n) is 5.69. The van der Waals surface area contributed by atoms with Gasteiger partial charge in [-0.1, -0.05) is 0 Å². The molecule has 1 heterocycles. The summed E-state index contributed by atoms with van der Waals surface area (Å²) in [6.45, 7) is 1.52. The summed E-state index contributed by atoms with van der Waals surface area (Å²) in [5, 5.41) is 19.0. The van der Waals surface area contributed by atoms with Crippen LogP contribution < -0.4 is 0 Å². The number of amides is 1. The van der Waals surface area contributed by atoms with Crippen molar-refractivity contribution in [2.45, 2.75) is 31.8 Å². The fourth-order valence-corrected chi connectivity index (χ4v) is 2.24. The molecule has 0 aromatic carbocycles. The number of rotatable bonds is 4. The Kier molecular flexibility index (Phi) is 5.07. The Hall–Kier alpha value is -1.65. The van der Waals surface area contributed by atoms with Crippen molar-refractivity contribution in [1.82, 2.24) is 9.96 Å². The van der Waals surface area contributed by atoms with Crippen LogP contribution in [0.15, 0.2) is 0 Å². The maximum atomic E-state index is 11.4. The molecule has 1 amide bonds. The van der Waals surface area contributed by atoms with Gasteiger partial charge in [0.15, 0.2) is 0 Å². The molecule has 0 aromatic rings. The van der Waals surface area contributed by atoms with Gasteiger partial charge >= 0.3 is 5.97 Å². The van der Waals surface area contributed by atoms with E-state index in [1.807, 2.05) is 0 Å². The molecule has 1 rings (SSSR count). The molecule has 18 heavy (non-hydrogen) atoms. The molecule has 1 fully saturated rings. The van der Waals surface area contributed by atoms with Gasteiger partial charge in [0.1, 0.15) is 0 Å². The van der Waals surface area contributed by atoms with E-state index in [-0.39, 0.29) is 18.5 Å². The Bertz CT molecular complexity index is 366. The first kappa shape index (κ1) is 14.4. The number of carboxylic acids is 1. The molecule has 1 aliphatic rings. The number of carbonyl (C=O) groups excluding carboxylic acids is 1. The number of piperidine rings is 1. The van der Waals surface area contributed by atoms with E-state index in [1.165, 1.54) is 19.1 Å². The van der Waals surface area contributed by atoms with Crippen LogP contribution in [-0.2, 0) is 14.4 Å². The Labute approximate surface area is 105 Å². The molecule has 0 radical (unpaired) electrons. The van der Waals surface area contributed by atoms with Crippen LogP contribution in [0.3, 0.4) is 0 Å². The molecule has 2 atom stereocenters. The minimum atomic E-state index is -0.984. The largest absolute Gasteiger partial charge is 0.480 e. The molecule has 100 valence electrons. The van der Waals surface area contributed by atoms with Crippen molar-refractivity contribution in [2.75, 3.05) is 20.2 Å². The van der Waals surface area contributed by atoms with Gasteiger partial charge < -0.3 is 5.11 Å². The molecule has 0 aromatic heterocycles. The highest BCUT2D eigenvalue weighted by molar-refractivity contribution is 5.72. The summed E-state index contributed by atoms with van der Waals surface area (Å²) in [7, 11) is 1.40. The average molecular weight is 255 g/mol. The van der Waals surface area contributed by atoms with Crippen molar-refractivity contribution in [3.05, 3.63) is 0 Å². The van der Waals surface area contributed by atoms with Crippen molar-refractivity contribution >= 4 is 11.9 Å². The van der Waals surface area contributed by atoms with Gasteiger partial charge in [-0.25, -0.2) is 5.06 Å². The molecule has 0 spiro atoms. The highest BCUT2D eigenvalue weighted by Crippen LogP contribution is 2.21. The van der Waals surface area contributed by atoms with Crippen molar-refractivity contribution < 1.29 is 19.5 Å². The molecule has 1 N–H and O–H groups in total. The van der Waals surface area contributed by atoms with E-state index >= 15 is 0 Å². The van der Waals surface area contributed by atoms with Crippen LogP contribution in [0.1, 0.15) is 19.8 Å². The van der Waals surface area contributed by atoms with E-state index in [2.05, 4.69) is 6.07 Å². The van der Waals surface area contributed by atoms with Crippen LogP contribution in [0.2, 0.25) is 0 Å². The minimum Gasteiger partial charge on any atom is -0.480 e. The average Bonchev–Trinajstić information content (AvgIpc) is 2.29. The standard InChI is InChI=1S/C11H17N3O4/c1-8(15)14(18-2)10-4-3-9(5-12)13(6-10)7-11(16)17/h9-10H,3-4,6-7H2,1-2H3,(H,16,17)/t9-,10+/m0/s1. The number of nitrogens with zero attached hydrogens (tertiary/aromatic N) is 3. The Morgan fingerprint density at radius 2 is 2.22 bits per heavy atom. The van der Waals surface area contributed by atoms with E-state index < -0.39 is 12.0 Å². The Morgan fingerprint density at radius 1 is 1.56 bits per heavy atom. The van der Waals surface area contributed by atoms with Crippen molar-refractivity contribution in [2.24, 2.45) is 0 Å². The third kappa shape index (κ3) is 3.42. The number of hydroxylamine groups is 2. The van der Waals surface area contributed by atoms with Gasteiger partial charge in [0, 0.05) is 13.5 Å². The lowest BCUT2D eigenvalue weighted by molar-refractivity contribution is -0.192. The van der Waals surface area contributed by atoms with E-state index in [9.17, 15) is 9.59 Å². The summed E-state index contributed by atoms with van der Waals surface area (Å²) in [5.74, 6) is -1.21.